The minimum absolute atomic E-state index is 0.0448. The van der Waals surface area contributed by atoms with Crippen LogP contribution in [0.3, 0.4) is 0 Å². The summed E-state index contributed by atoms with van der Waals surface area (Å²) in [6.45, 7) is 19.3. The molecule has 2 heterocycles. The van der Waals surface area contributed by atoms with Gasteiger partial charge in [-0.2, -0.15) is 0 Å². The van der Waals surface area contributed by atoms with Crippen molar-refractivity contribution in [2.75, 3.05) is 13.1 Å². The predicted molar refractivity (Wildman–Crippen MR) is 195 cm³/mol. The highest BCUT2D eigenvalue weighted by molar-refractivity contribution is 7.91. The lowest BCUT2D eigenvalue weighted by Gasteiger charge is -2.38. The quantitative estimate of drug-likeness (QED) is 0.168. The number of amides is 7. The van der Waals surface area contributed by atoms with Crippen LogP contribution in [0.5, 0.6) is 0 Å². The molecule has 6 fully saturated rings. The van der Waals surface area contributed by atoms with Crippen LogP contribution in [0.2, 0.25) is 0 Å². The molecule has 4 saturated carbocycles. The number of hydrogen-bond acceptors (Lipinski definition) is 8. The summed E-state index contributed by atoms with van der Waals surface area (Å²) >= 11 is 0. The minimum atomic E-state index is -3.88. The van der Waals surface area contributed by atoms with Gasteiger partial charge in [-0.3, -0.25) is 28.7 Å². The number of nitrogens with one attached hydrogen (secondary N) is 6. The third kappa shape index (κ3) is 6.29. The zero-order valence-electron chi connectivity index (χ0n) is 32.2. The Labute approximate surface area is 312 Å². The van der Waals surface area contributed by atoms with Crippen LogP contribution in [0.1, 0.15) is 100 Å². The molecule has 53 heavy (non-hydrogen) atoms. The average molecular weight is 760 g/mol. The number of sulfonamides is 1. The molecule has 16 heteroatoms. The highest BCUT2D eigenvalue weighted by atomic mass is 32.2. The van der Waals surface area contributed by atoms with Gasteiger partial charge >= 0.3 is 6.03 Å². The molecule has 15 nitrogen and oxygen atoms in total. The molecular formula is C37H57N7O8S. The van der Waals surface area contributed by atoms with E-state index in [4.69, 9.17) is 0 Å². The van der Waals surface area contributed by atoms with Crippen LogP contribution in [0, 0.1) is 33.0 Å². The lowest BCUT2D eigenvalue weighted by atomic mass is 9.73. The van der Waals surface area contributed by atoms with E-state index in [9.17, 15) is 37.2 Å². The summed E-state index contributed by atoms with van der Waals surface area (Å²) in [6, 6.07) is -4.53. The maximum atomic E-state index is 14.9. The Kier molecular flexibility index (Phi) is 9.14. The molecular weight excluding hydrogens is 703 g/mol. The van der Waals surface area contributed by atoms with Gasteiger partial charge in [-0.1, -0.05) is 67.9 Å². The topological polar surface area (TPSA) is 212 Å². The second-order valence-electron chi connectivity index (χ2n) is 19.0. The average Bonchev–Trinajstić information content (AvgIpc) is 3.95. The summed E-state index contributed by atoms with van der Waals surface area (Å²) in [5, 5.41) is 13.0. The molecule has 2 spiro atoms. The van der Waals surface area contributed by atoms with Crippen LogP contribution < -0.4 is 31.3 Å². The van der Waals surface area contributed by atoms with Crippen LogP contribution in [-0.4, -0.2) is 96.9 Å². The van der Waals surface area contributed by atoms with E-state index in [1.807, 2.05) is 20.8 Å². The van der Waals surface area contributed by atoms with Crippen LogP contribution in [0.15, 0.2) is 12.7 Å². The Morgan fingerprint density at radius 3 is 2.00 bits per heavy atom. The fourth-order valence-corrected chi connectivity index (χ4v) is 11.0. The van der Waals surface area contributed by atoms with E-state index in [-0.39, 0.29) is 35.8 Å². The molecule has 0 radical (unpaired) electrons. The summed E-state index contributed by atoms with van der Waals surface area (Å²) in [6.07, 6.45) is 6.01. The minimum Gasteiger partial charge on any atom is -0.342 e. The molecule has 0 aromatic rings. The van der Waals surface area contributed by atoms with Crippen molar-refractivity contribution in [3.8, 4) is 0 Å². The molecule has 6 rings (SSSR count). The van der Waals surface area contributed by atoms with Crippen LogP contribution in [-0.2, 0) is 34.0 Å². The smallest absolute Gasteiger partial charge is 0.315 e. The molecule has 7 amide bonds. The van der Waals surface area contributed by atoms with Gasteiger partial charge in [-0.25, -0.2) is 13.2 Å². The molecule has 2 aliphatic heterocycles. The SMILES string of the molecule is C=C[C@@H]1C[C@]1(NC(=O)[C@@H]1C[C@@]2(CN1C(=O)[C@@H](NC(=O)[C@@H](NC(=O)C1CNC(=O)N1)C(C)(C)C)C(C)(C)C)C(C)(C)C21CCC1)C(=O)NS(=O)(=O)C1CC1. The van der Waals surface area contributed by atoms with Gasteiger partial charge < -0.3 is 31.5 Å². The summed E-state index contributed by atoms with van der Waals surface area (Å²) in [5.41, 5.74) is -3.72. The first kappa shape index (κ1) is 39.0. The van der Waals surface area contributed by atoms with Crippen LogP contribution in [0.25, 0.3) is 0 Å². The molecule has 0 bridgehead atoms. The van der Waals surface area contributed by atoms with Gasteiger partial charge in [-0.05, 0) is 60.2 Å². The fourth-order valence-electron chi connectivity index (χ4n) is 9.65. The molecule has 6 N–H and O–H groups in total. The molecule has 2 saturated heterocycles. The predicted octanol–water partition coefficient (Wildman–Crippen LogP) is 1.20. The van der Waals surface area contributed by atoms with E-state index in [0.29, 0.717) is 19.3 Å². The second kappa shape index (κ2) is 12.4. The van der Waals surface area contributed by atoms with E-state index < -0.39 is 97.3 Å². The van der Waals surface area contributed by atoms with Crippen molar-refractivity contribution in [2.45, 2.75) is 135 Å². The second-order valence-corrected chi connectivity index (χ2v) is 21.0. The number of rotatable bonds is 11. The number of fused-ring (bicyclic) bond motifs is 1. The number of urea groups is 1. The summed E-state index contributed by atoms with van der Waals surface area (Å²) in [5.74, 6) is -3.45. The van der Waals surface area contributed by atoms with E-state index >= 15 is 0 Å². The number of likely N-dealkylation sites (tertiary alicyclic amines) is 1. The molecule has 6 aliphatic rings. The lowest BCUT2D eigenvalue weighted by molar-refractivity contribution is -0.145. The van der Waals surface area contributed by atoms with E-state index in [0.717, 1.165) is 19.3 Å². The van der Waals surface area contributed by atoms with Crippen LogP contribution in [0.4, 0.5) is 4.79 Å². The number of carbonyl (C=O) groups is 6. The number of hydrogen-bond donors (Lipinski definition) is 6. The van der Waals surface area contributed by atoms with Gasteiger partial charge in [0.1, 0.15) is 29.7 Å². The van der Waals surface area contributed by atoms with Crippen molar-refractivity contribution < 1.29 is 37.2 Å². The molecule has 7 atom stereocenters. The van der Waals surface area contributed by atoms with Gasteiger partial charge in [0.25, 0.3) is 5.91 Å². The van der Waals surface area contributed by atoms with Crippen molar-refractivity contribution in [2.24, 2.45) is 33.0 Å². The zero-order chi connectivity index (χ0) is 39.3. The summed E-state index contributed by atoms with van der Waals surface area (Å²) in [7, 11) is -3.88. The van der Waals surface area contributed by atoms with E-state index in [1.54, 1.807) is 25.7 Å². The Hall–Kier alpha value is -3.69. The molecule has 1 unspecified atom stereocenters. The Morgan fingerprint density at radius 2 is 1.55 bits per heavy atom. The third-order valence-electron chi connectivity index (χ3n) is 13.5. The fraction of sp³-hybridized carbons (Fsp3) is 0.784. The van der Waals surface area contributed by atoms with Crippen molar-refractivity contribution in [1.29, 1.82) is 0 Å². The zero-order valence-corrected chi connectivity index (χ0v) is 33.1. The van der Waals surface area contributed by atoms with Gasteiger partial charge in [0.05, 0.1) is 5.25 Å². The molecule has 0 aromatic heterocycles. The largest absolute Gasteiger partial charge is 0.342 e. The Bertz CT molecular complexity index is 1740. The lowest BCUT2D eigenvalue weighted by Crippen LogP contribution is -2.63. The summed E-state index contributed by atoms with van der Waals surface area (Å²) in [4.78, 5) is 83.5. The Balaban J connectivity index is 1.27. The van der Waals surface area contributed by atoms with Crippen molar-refractivity contribution in [1.82, 2.24) is 36.2 Å². The maximum absolute atomic E-state index is 14.9. The first-order valence-electron chi connectivity index (χ1n) is 18.8. The van der Waals surface area contributed by atoms with Gasteiger partial charge in [0, 0.05) is 24.4 Å². The third-order valence-corrected chi connectivity index (χ3v) is 15.4. The standard InChI is InChI=1S/C37H57N7O8S/c1-10-20-16-37(20,30(49)43-53(51,52)21-12-13-21)42-27(46)23-17-36(34(8,9)35(36)14-11-15-35)19-44(23)29(48)25(33(5,6)7)41-28(47)24(32(2,3)4)40-26(45)22-18-38-31(50)39-22/h10,20-25H,1,11-19H2,2-9H3,(H,40,45)(H,41,47)(H,42,46)(H,43,49)(H2,38,39,50)/t20-,22?,23+,24-,25-,36-,37-/m1/s1. The molecule has 294 valence electrons. The van der Waals surface area contributed by atoms with Gasteiger partial charge in [0.2, 0.25) is 33.7 Å². The van der Waals surface area contributed by atoms with Gasteiger partial charge in [-0.15, -0.1) is 6.58 Å². The van der Waals surface area contributed by atoms with E-state index in [1.165, 1.54) is 6.08 Å². The highest BCUT2D eigenvalue weighted by Crippen LogP contribution is 2.88. The first-order chi connectivity index (χ1) is 24.4. The normalized spacial score (nSPS) is 32.0. The Morgan fingerprint density at radius 1 is 0.925 bits per heavy atom. The van der Waals surface area contributed by atoms with Gasteiger partial charge in [0.15, 0.2) is 0 Å². The monoisotopic (exact) mass is 759 g/mol. The molecule has 4 aliphatic carbocycles. The highest BCUT2D eigenvalue weighted by Gasteiger charge is 2.85. The van der Waals surface area contributed by atoms with Crippen molar-refractivity contribution in [3.05, 3.63) is 12.7 Å². The van der Waals surface area contributed by atoms with Crippen molar-refractivity contribution >= 4 is 45.6 Å². The summed E-state index contributed by atoms with van der Waals surface area (Å²) < 4.78 is 27.7. The maximum Gasteiger partial charge on any atom is 0.315 e. The van der Waals surface area contributed by atoms with Crippen molar-refractivity contribution in [3.63, 3.8) is 0 Å². The molecule has 0 aromatic carbocycles. The number of nitrogens with zero attached hydrogens (tertiary/aromatic N) is 1. The first-order valence-corrected chi connectivity index (χ1v) is 20.4. The van der Waals surface area contributed by atoms with Crippen LogP contribution >= 0.6 is 0 Å². The number of carbonyl (C=O) groups excluding carboxylic acids is 6. The van der Waals surface area contributed by atoms with E-state index in [2.05, 4.69) is 51.7 Å².